The van der Waals surface area contributed by atoms with Crippen LogP contribution in [0.5, 0.6) is 0 Å². The second kappa shape index (κ2) is 8.58. The van der Waals surface area contributed by atoms with Crippen LogP contribution in [-0.2, 0) is 16.0 Å². The molecule has 1 aromatic rings. The minimum atomic E-state index is -0.137. The molecule has 7 heteroatoms. The van der Waals surface area contributed by atoms with Crippen molar-refractivity contribution in [2.45, 2.75) is 38.7 Å². The van der Waals surface area contributed by atoms with Gasteiger partial charge in [-0.2, -0.15) is 0 Å². The van der Waals surface area contributed by atoms with E-state index in [4.69, 9.17) is 4.74 Å². The Morgan fingerprint density at radius 2 is 2.16 bits per heavy atom. The van der Waals surface area contributed by atoms with Crippen molar-refractivity contribution in [3.05, 3.63) is 28.4 Å². The zero-order valence-electron chi connectivity index (χ0n) is 14.9. The van der Waals surface area contributed by atoms with Gasteiger partial charge in [-0.1, -0.05) is 6.92 Å². The number of carbonyl (C=O) groups excluding carboxylic acids is 1. The molecule has 0 bridgehead atoms. The van der Waals surface area contributed by atoms with Crippen LogP contribution in [0.2, 0.25) is 0 Å². The molecule has 2 saturated heterocycles. The molecule has 0 aromatic carbocycles. The summed E-state index contributed by atoms with van der Waals surface area (Å²) in [4.78, 5) is 34.8. The Kier molecular flexibility index (Phi) is 6.20. The number of morpholine rings is 1. The summed E-state index contributed by atoms with van der Waals surface area (Å²) in [5.74, 6) is 0.982. The maximum absolute atomic E-state index is 12.6. The van der Waals surface area contributed by atoms with Gasteiger partial charge in [0.1, 0.15) is 0 Å². The highest BCUT2D eigenvalue weighted by Gasteiger charge is 2.26. The van der Waals surface area contributed by atoms with E-state index in [2.05, 4.69) is 21.8 Å². The predicted octanol–water partition coefficient (Wildman–Crippen LogP) is 0.662. The number of hydrogen-bond donors (Lipinski definition) is 1. The average molecular weight is 348 g/mol. The Morgan fingerprint density at radius 1 is 1.36 bits per heavy atom. The SMILES string of the molecule is CC1CCN(CC(=O)N2CCO[C@H](CCc3cc(=O)[nH]cn3)C2)CC1. The Morgan fingerprint density at radius 3 is 2.92 bits per heavy atom. The van der Waals surface area contributed by atoms with Crippen LogP contribution in [-0.4, -0.2) is 71.1 Å². The van der Waals surface area contributed by atoms with Gasteiger partial charge >= 0.3 is 0 Å². The summed E-state index contributed by atoms with van der Waals surface area (Å²) in [7, 11) is 0. The maximum Gasteiger partial charge on any atom is 0.250 e. The van der Waals surface area contributed by atoms with E-state index in [0.717, 1.165) is 31.1 Å². The number of carbonyl (C=O) groups is 1. The molecule has 138 valence electrons. The molecular weight excluding hydrogens is 320 g/mol. The zero-order chi connectivity index (χ0) is 17.6. The predicted molar refractivity (Wildman–Crippen MR) is 94.3 cm³/mol. The first-order valence-electron chi connectivity index (χ1n) is 9.25. The number of aryl methyl sites for hydroxylation is 1. The first-order chi connectivity index (χ1) is 12.1. The molecule has 1 amide bonds. The van der Waals surface area contributed by atoms with Gasteiger partial charge in [0.2, 0.25) is 5.91 Å². The van der Waals surface area contributed by atoms with Crippen molar-refractivity contribution >= 4 is 5.91 Å². The topological polar surface area (TPSA) is 78.5 Å². The lowest BCUT2D eigenvalue weighted by molar-refractivity contribution is -0.140. The fraction of sp³-hybridized carbons (Fsp3) is 0.722. The molecule has 1 atom stereocenters. The van der Waals surface area contributed by atoms with Crippen molar-refractivity contribution < 1.29 is 9.53 Å². The van der Waals surface area contributed by atoms with Crippen molar-refractivity contribution in [3.8, 4) is 0 Å². The van der Waals surface area contributed by atoms with E-state index < -0.39 is 0 Å². The van der Waals surface area contributed by atoms with Crippen LogP contribution in [0.3, 0.4) is 0 Å². The van der Waals surface area contributed by atoms with Crippen LogP contribution in [0, 0.1) is 5.92 Å². The third-order valence-corrected chi connectivity index (χ3v) is 5.18. The van der Waals surface area contributed by atoms with E-state index in [1.807, 2.05) is 4.90 Å². The number of H-pyrrole nitrogens is 1. The Labute approximate surface area is 148 Å². The molecule has 2 aliphatic heterocycles. The smallest absolute Gasteiger partial charge is 0.250 e. The molecule has 2 fully saturated rings. The van der Waals surface area contributed by atoms with Crippen LogP contribution >= 0.6 is 0 Å². The van der Waals surface area contributed by atoms with Crippen molar-refractivity contribution in [2.24, 2.45) is 5.92 Å². The Bertz CT molecular complexity index is 625. The van der Waals surface area contributed by atoms with Gasteiger partial charge in [0.25, 0.3) is 5.56 Å². The van der Waals surface area contributed by atoms with E-state index in [-0.39, 0.29) is 17.6 Å². The van der Waals surface area contributed by atoms with Gasteiger partial charge in [-0.15, -0.1) is 0 Å². The van der Waals surface area contributed by atoms with E-state index in [1.54, 1.807) is 0 Å². The number of likely N-dealkylation sites (tertiary alicyclic amines) is 1. The van der Waals surface area contributed by atoms with Crippen LogP contribution in [0.4, 0.5) is 0 Å². The molecule has 7 nitrogen and oxygen atoms in total. The number of rotatable bonds is 5. The summed E-state index contributed by atoms with van der Waals surface area (Å²) in [6.07, 6.45) is 5.25. The summed E-state index contributed by atoms with van der Waals surface area (Å²) in [6.45, 7) is 6.73. The van der Waals surface area contributed by atoms with Gasteiger partial charge in [-0.3, -0.25) is 14.5 Å². The van der Waals surface area contributed by atoms with Crippen LogP contribution < -0.4 is 5.56 Å². The van der Waals surface area contributed by atoms with E-state index in [0.29, 0.717) is 32.7 Å². The Balaban J connectivity index is 1.45. The Hall–Kier alpha value is -1.73. The summed E-state index contributed by atoms with van der Waals surface area (Å²) in [6, 6.07) is 1.52. The molecule has 3 heterocycles. The first-order valence-corrected chi connectivity index (χ1v) is 9.25. The third kappa shape index (κ3) is 5.37. The minimum absolute atomic E-state index is 0.0140. The van der Waals surface area contributed by atoms with Gasteiger partial charge < -0.3 is 14.6 Å². The van der Waals surface area contributed by atoms with Crippen molar-refractivity contribution in [3.63, 3.8) is 0 Å². The molecule has 1 aromatic heterocycles. The normalized spacial score (nSPS) is 22.9. The number of nitrogens with one attached hydrogen (secondary N) is 1. The average Bonchev–Trinajstić information content (AvgIpc) is 2.62. The van der Waals surface area contributed by atoms with E-state index in [9.17, 15) is 9.59 Å². The number of aromatic nitrogens is 2. The lowest BCUT2D eigenvalue weighted by Gasteiger charge is -2.36. The molecule has 0 aliphatic carbocycles. The van der Waals surface area contributed by atoms with E-state index in [1.165, 1.54) is 25.2 Å². The number of aromatic amines is 1. The van der Waals surface area contributed by atoms with Crippen molar-refractivity contribution in [1.82, 2.24) is 19.8 Å². The van der Waals surface area contributed by atoms with Crippen LogP contribution in [0.25, 0.3) is 0 Å². The summed E-state index contributed by atoms with van der Waals surface area (Å²) in [5.41, 5.74) is 0.625. The second-order valence-corrected chi connectivity index (χ2v) is 7.23. The van der Waals surface area contributed by atoms with Gasteiger partial charge in [-0.05, 0) is 44.7 Å². The molecule has 0 radical (unpaired) electrons. The number of nitrogens with zero attached hydrogens (tertiary/aromatic N) is 3. The third-order valence-electron chi connectivity index (χ3n) is 5.18. The van der Waals surface area contributed by atoms with Gasteiger partial charge in [0.15, 0.2) is 0 Å². The summed E-state index contributed by atoms with van der Waals surface area (Å²) < 4.78 is 5.79. The highest BCUT2D eigenvalue weighted by atomic mass is 16.5. The molecule has 25 heavy (non-hydrogen) atoms. The number of ether oxygens (including phenoxy) is 1. The molecule has 0 spiro atoms. The highest BCUT2D eigenvalue weighted by Crippen LogP contribution is 2.17. The lowest BCUT2D eigenvalue weighted by atomic mass is 9.99. The highest BCUT2D eigenvalue weighted by molar-refractivity contribution is 5.78. The fourth-order valence-electron chi connectivity index (χ4n) is 3.49. The lowest BCUT2D eigenvalue weighted by Crippen LogP contribution is -2.50. The fourth-order valence-corrected chi connectivity index (χ4v) is 3.49. The minimum Gasteiger partial charge on any atom is -0.375 e. The number of piperidine rings is 1. The molecule has 1 N–H and O–H groups in total. The van der Waals surface area contributed by atoms with Gasteiger partial charge in [0.05, 0.1) is 25.6 Å². The van der Waals surface area contributed by atoms with Gasteiger partial charge in [0, 0.05) is 24.8 Å². The molecular formula is C18H28N4O3. The van der Waals surface area contributed by atoms with Crippen LogP contribution in [0.1, 0.15) is 31.9 Å². The van der Waals surface area contributed by atoms with Crippen molar-refractivity contribution in [1.29, 1.82) is 0 Å². The largest absolute Gasteiger partial charge is 0.375 e. The number of amides is 1. The maximum atomic E-state index is 12.6. The molecule has 3 rings (SSSR count). The first kappa shape index (κ1) is 18.1. The monoisotopic (exact) mass is 348 g/mol. The quantitative estimate of drug-likeness (QED) is 0.846. The summed E-state index contributed by atoms with van der Waals surface area (Å²) in [5, 5.41) is 0. The van der Waals surface area contributed by atoms with Crippen LogP contribution in [0.15, 0.2) is 17.2 Å². The second-order valence-electron chi connectivity index (χ2n) is 7.23. The summed E-state index contributed by atoms with van der Waals surface area (Å²) >= 11 is 0. The van der Waals surface area contributed by atoms with Crippen molar-refractivity contribution in [2.75, 3.05) is 39.3 Å². The van der Waals surface area contributed by atoms with Gasteiger partial charge in [-0.25, -0.2) is 4.98 Å². The standard InChI is InChI=1S/C18H28N4O3/c1-14-4-6-21(7-5-14)12-18(24)22-8-9-25-16(11-22)3-2-15-10-17(23)20-13-19-15/h10,13-14,16H,2-9,11-12H2,1H3,(H,19,20,23)/t16-/m1/s1. The van der Waals surface area contributed by atoms with E-state index >= 15 is 0 Å². The molecule has 0 saturated carbocycles. The molecule has 2 aliphatic rings. The molecule has 0 unspecified atom stereocenters. The number of hydrogen-bond acceptors (Lipinski definition) is 5. The zero-order valence-corrected chi connectivity index (χ0v) is 14.9.